The Morgan fingerprint density at radius 3 is 2.67 bits per heavy atom. The van der Waals surface area contributed by atoms with Crippen molar-refractivity contribution in [3.63, 3.8) is 0 Å². The molecule has 98 valence electrons. The number of hydrogen-bond donors (Lipinski definition) is 1. The molecule has 2 heterocycles. The van der Waals surface area contributed by atoms with Gasteiger partial charge in [0.1, 0.15) is 5.69 Å². The fourth-order valence-corrected chi connectivity index (χ4v) is 1.94. The van der Waals surface area contributed by atoms with E-state index < -0.39 is 0 Å². The molecule has 1 saturated heterocycles. The van der Waals surface area contributed by atoms with Crippen molar-refractivity contribution < 1.29 is 9.53 Å². The first-order valence-electron chi connectivity index (χ1n) is 6.22. The van der Waals surface area contributed by atoms with Crippen LogP contribution in [0.3, 0.4) is 0 Å². The van der Waals surface area contributed by atoms with Crippen LogP contribution in [0.4, 0.5) is 11.4 Å². The van der Waals surface area contributed by atoms with Crippen LogP contribution in [0.5, 0.6) is 0 Å². The highest BCUT2D eigenvalue weighted by molar-refractivity contribution is 6.00. The van der Waals surface area contributed by atoms with E-state index in [-0.39, 0.29) is 11.7 Å². The zero-order valence-corrected chi connectivity index (χ0v) is 10.8. The molecule has 1 aromatic rings. The van der Waals surface area contributed by atoms with Crippen LogP contribution in [0.15, 0.2) is 12.3 Å². The Morgan fingerprint density at radius 2 is 2.11 bits per heavy atom. The van der Waals surface area contributed by atoms with E-state index >= 15 is 0 Å². The van der Waals surface area contributed by atoms with Gasteiger partial charge in [-0.2, -0.15) is 0 Å². The Kier molecular flexibility index (Phi) is 3.81. The van der Waals surface area contributed by atoms with Gasteiger partial charge in [-0.15, -0.1) is 0 Å². The predicted molar refractivity (Wildman–Crippen MR) is 70.8 cm³/mol. The number of ketones is 1. The van der Waals surface area contributed by atoms with Crippen molar-refractivity contribution >= 4 is 17.2 Å². The molecule has 0 unspecified atom stereocenters. The van der Waals surface area contributed by atoms with Gasteiger partial charge in [-0.3, -0.25) is 4.79 Å². The van der Waals surface area contributed by atoms with Gasteiger partial charge >= 0.3 is 0 Å². The van der Waals surface area contributed by atoms with E-state index in [1.807, 2.05) is 19.9 Å². The van der Waals surface area contributed by atoms with Crippen LogP contribution in [0.1, 0.15) is 24.3 Å². The van der Waals surface area contributed by atoms with Crippen LogP contribution in [0, 0.1) is 5.92 Å². The number of nitrogens with zero attached hydrogens (tertiary/aromatic N) is 2. The van der Waals surface area contributed by atoms with E-state index in [1.165, 1.54) is 0 Å². The number of pyridine rings is 1. The van der Waals surface area contributed by atoms with Gasteiger partial charge < -0.3 is 15.4 Å². The first kappa shape index (κ1) is 12.8. The molecule has 0 saturated carbocycles. The summed E-state index contributed by atoms with van der Waals surface area (Å²) in [6, 6.07) is 1.83. The highest BCUT2D eigenvalue weighted by Gasteiger charge is 2.18. The lowest BCUT2D eigenvalue weighted by Gasteiger charge is -2.28. The summed E-state index contributed by atoms with van der Waals surface area (Å²) < 4.78 is 5.30. The summed E-state index contributed by atoms with van der Waals surface area (Å²) >= 11 is 0. The third-order valence-corrected chi connectivity index (χ3v) is 3.04. The molecular formula is C13H19N3O2. The lowest BCUT2D eigenvalue weighted by molar-refractivity contribution is 0.0935. The Hall–Kier alpha value is -1.62. The summed E-state index contributed by atoms with van der Waals surface area (Å²) in [5, 5.41) is 0. The summed E-state index contributed by atoms with van der Waals surface area (Å²) in [6.07, 6.45) is 1.72. The van der Waals surface area contributed by atoms with Crippen LogP contribution in [-0.4, -0.2) is 37.1 Å². The highest BCUT2D eigenvalue weighted by Crippen LogP contribution is 2.21. The molecule has 2 rings (SSSR count). The van der Waals surface area contributed by atoms with E-state index in [1.54, 1.807) is 6.20 Å². The molecule has 0 spiro atoms. The van der Waals surface area contributed by atoms with Crippen LogP contribution >= 0.6 is 0 Å². The highest BCUT2D eigenvalue weighted by atomic mass is 16.5. The smallest absolute Gasteiger partial charge is 0.185 e. The van der Waals surface area contributed by atoms with Gasteiger partial charge in [0, 0.05) is 19.0 Å². The monoisotopic (exact) mass is 249 g/mol. The Morgan fingerprint density at radius 1 is 1.44 bits per heavy atom. The van der Waals surface area contributed by atoms with E-state index in [4.69, 9.17) is 10.5 Å². The molecule has 0 bridgehead atoms. The minimum atomic E-state index is -0.0889. The van der Waals surface area contributed by atoms with Crippen LogP contribution < -0.4 is 10.6 Å². The third-order valence-electron chi connectivity index (χ3n) is 3.04. The SMILES string of the molecule is CC(C)C(=O)c1ncc(N2CCOCC2)cc1N. The van der Waals surface area contributed by atoms with Gasteiger partial charge in [0.05, 0.1) is 30.8 Å². The number of aromatic nitrogens is 1. The fraction of sp³-hybridized carbons (Fsp3) is 0.538. The number of morpholine rings is 1. The molecular weight excluding hydrogens is 230 g/mol. The van der Waals surface area contributed by atoms with Gasteiger partial charge in [-0.05, 0) is 6.07 Å². The number of hydrogen-bond acceptors (Lipinski definition) is 5. The lowest BCUT2D eigenvalue weighted by atomic mass is 10.0. The van der Waals surface area contributed by atoms with Gasteiger partial charge in [-0.25, -0.2) is 4.98 Å². The molecule has 1 aliphatic heterocycles. The number of carbonyl (C=O) groups excluding carboxylic acids is 1. The van der Waals surface area contributed by atoms with Gasteiger partial charge in [0.15, 0.2) is 5.78 Å². The summed E-state index contributed by atoms with van der Waals surface area (Å²) in [7, 11) is 0. The lowest BCUT2D eigenvalue weighted by Crippen LogP contribution is -2.36. The van der Waals surface area contributed by atoms with Crippen molar-refractivity contribution in [3.05, 3.63) is 18.0 Å². The molecule has 0 aromatic carbocycles. The number of anilines is 2. The van der Waals surface area contributed by atoms with Crippen LogP contribution in [0.25, 0.3) is 0 Å². The largest absolute Gasteiger partial charge is 0.397 e. The van der Waals surface area contributed by atoms with Crippen molar-refractivity contribution in [3.8, 4) is 0 Å². The average Bonchev–Trinajstić information content (AvgIpc) is 2.38. The standard InChI is InChI=1S/C13H19N3O2/c1-9(2)13(17)12-11(14)7-10(8-15-12)16-3-5-18-6-4-16/h7-9H,3-6,14H2,1-2H3. The zero-order valence-electron chi connectivity index (χ0n) is 10.8. The van der Waals surface area contributed by atoms with E-state index in [0.29, 0.717) is 24.6 Å². The van der Waals surface area contributed by atoms with Crippen molar-refractivity contribution in [2.45, 2.75) is 13.8 Å². The molecule has 0 radical (unpaired) electrons. The molecule has 5 nitrogen and oxygen atoms in total. The molecule has 0 atom stereocenters. The average molecular weight is 249 g/mol. The Labute approximate surface area is 107 Å². The first-order chi connectivity index (χ1) is 8.59. The first-order valence-corrected chi connectivity index (χ1v) is 6.22. The Balaban J connectivity index is 2.21. The number of Topliss-reactive ketones (excluding diaryl/α,β-unsaturated/α-hetero) is 1. The number of rotatable bonds is 3. The van der Waals surface area contributed by atoms with Crippen molar-refractivity contribution in [2.24, 2.45) is 5.92 Å². The fourth-order valence-electron chi connectivity index (χ4n) is 1.94. The zero-order chi connectivity index (χ0) is 13.1. The van der Waals surface area contributed by atoms with E-state index in [2.05, 4.69) is 9.88 Å². The predicted octanol–water partition coefficient (Wildman–Crippen LogP) is 1.34. The quantitative estimate of drug-likeness (QED) is 0.819. The van der Waals surface area contributed by atoms with E-state index in [0.717, 1.165) is 18.8 Å². The number of nitrogens with two attached hydrogens (primary N) is 1. The topological polar surface area (TPSA) is 68.5 Å². The molecule has 0 amide bonds. The normalized spacial score (nSPS) is 16.1. The second-order valence-electron chi connectivity index (χ2n) is 4.75. The van der Waals surface area contributed by atoms with Crippen molar-refractivity contribution in [1.82, 2.24) is 4.98 Å². The summed E-state index contributed by atoms with van der Waals surface area (Å²) in [4.78, 5) is 18.3. The number of nitrogen functional groups attached to an aromatic ring is 1. The van der Waals surface area contributed by atoms with Crippen LogP contribution in [-0.2, 0) is 4.74 Å². The minimum absolute atomic E-state index is 0.0129. The van der Waals surface area contributed by atoms with E-state index in [9.17, 15) is 4.79 Å². The van der Waals surface area contributed by atoms with Crippen molar-refractivity contribution in [1.29, 1.82) is 0 Å². The van der Waals surface area contributed by atoms with Gasteiger partial charge in [-0.1, -0.05) is 13.8 Å². The Bertz CT molecular complexity index is 440. The maximum atomic E-state index is 11.9. The van der Waals surface area contributed by atoms with Crippen LogP contribution in [0.2, 0.25) is 0 Å². The molecule has 5 heteroatoms. The van der Waals surface area contributed by atoms with Crippen molar-refractivity contribution in [2.75, 3.05) is 36.9 Å². The maximum Gasteiger partial charge on any atom is 0.185 e. The number of ether oxygens (including phenoxy) is 1. The molecule has 1 aliphatic rings. The second-order valence-corrected chi connectivity index (χ2v) is 4.75. The molecule has 1 fully saturated rings. The molecule has 18 heavy (non-hydrogen) atoms. The number of carbonyl (C=O) groups is 1. The molecule has 2 N–H and O–H groups in total. The minimum Gasteiger partial charge on any atom is -0.397 e. The molecule has 1 aromatic heterocycles. The second kappa shape index (κ2) is 5.35. The van der Waals surface area contributed by atoms with Gasteiger partial charge in [0.2, 0.25) is 0 Å². The summed E-state index contributed by atoms with van der Waals surface area (Å²) in [5.74, 6) is -0.102. The summed E-state index contributed by atoms with van der Waals surface area (Å²) in [5.41, 5.74) is 7.71. The summed E-state index contributed by atoms with van der Waals surface area (Å²) in [6.45, 7) is 6.79. The van der Waals surface area contributed by atoms with Gasteiger partial charge in [0.25, 0.3) is 0 Å². The maximum absolute atomic E-state index is 11.9. The third kappa shape index (κ3) is 2.61. The molecule has 0 aliphatic carbocycles.